The SMILES string of the molecule is CC(=O)OC(=O)CNC(=O)c1ccccc1. The van der Waals surface area contributed by atoms with Gasteiger partial charge in [-0.15, -0.1) is 0 Å². The van der Waals surface area contributed by atoms with Crippen molar-refractivity contribution in [2.24, 2.45) is 0 Å². The van der Waals surface area contributed by atoms with Crippen LogP contribution < -0.4 is 5.32 Å². The molecule has 5 nitrogen and oxygen atoms in total. The molecule has 0 atom stereocenters. The molecule has 0 saturated heterocycles. The first-order chi connectivity index (χ1) is 7.59. The second-order valence-electron chi connectivity index (χ2n) is 3.01. The van der Waals surface area contributed by atoms with Gasteiger partial charge in [0.2, 0.25) is 0 Å². The summed E-state index contributed by atoms with van der Waals surface area (Å²) >= 11 is 0. The summed E-state index contributed by atoms with van der Waals surface area (Å²) in [5.41, 5.74) is 0.443. The van der Waals surface area contributed by atoms with Crippen LogP contribution in [0.2, 0.25) is 0 Å². The number of benzene rings is 1. The molecule has 0 fully saturated rings. The van der Waals surface area contributed by atoms with Gasteiger partial charge < -0.3 is 10.1 Å². The third kappa shape index (κ3) is 3.91. The Morgan fingerprint density at radius 2 is 1.81 bits per heavy atom. The van der Waals surface area contributed by atoms with Crippen LogP contribution in [0.4, 0.5) is 0 Å². The van der Waals surface area contributed by atoms with E-state index in [1.807, 2.05) is 0 Å². The maximum atomic E-state index is 11.4. The molecule has 0 aromatic heterocycles. The van der Waals surface area contributed by atoms with E-state index < -0.39 is 11.9 Å². The smallest absolute Gasteiger partial charge is 0.333 e. The van der Waals surface area contributed by atoms with E-state index in [0.717, 1.165) is 6.92 Å². The van der Waals surface area contributed by atoms with Crippen LogP contribution in [0.5, 0.6) is 0 Å². The summed E-state index contributed by atoms with van der Waals surface area (Å²) in [6.07, 6.45) is 0. The Hall–Kier alpha value is -2.17. The Kier molecular flexibility index (Phi) is 4.20. The van der Waals surface area contributed by atoms with E-state index in [1.54, 1.807) is 30.3 Å². The van der Waals surface area contributed by atoms with Crippen LogP contribution in [0, 0.1) is 0 Å². The molecule has 0 bridgehead atoms. The Morgan fingerprint density at radius 1 is 1.19 bits per heavy atom. The lowest BCUT2D eigenvalue weighted by molar-refractivity contribution is -0.157. The van der Waals surface area contributed by atoms with Gasteiger partial charge in [-0.3, -0.25) is 9.59 Å². The minimum absolute atomic E-state index is 0.326. The second kappa shape index (κ2) is 5.65. The fraction of sp³-hybridized carbons (Fsp3) is 0.182. The van der Waals surface area contributed by atoms with E-state index in [-0.39, 0.29) is 12.5 Å². The topological polar surface area (TPSA) is 72.5 Å². The molecule has 84 valence electrons. The van der Waals surface area contributed by atoms with Gasteiger partial charge in [0, 0.05) is 12.5 Å². The predicted octanol–water partition coefficient (Wildman–Crippen LogP) is 0.506. The molecular formula is C11H11NO4. The van der Waals surface area contributed by atoms with Crippen molar-refractivity contribution in [1.82, 2.24) is 5.32 Å². The fourth-order valence-electron chi connectivity index (χ4n) is 1.04. The van der Waals surface area contributed by atoms with Crippen LogP contribution in [0.25, 0.3) is 0 Å². The largest absolute Gasteiger partial charge is 0.392 e. The molecule has 5 heteroatoms. The molecule has 0 spiro atoms. The predicted molar refractivity (Wildman–Crippen MR) is 55.5 cm³/mol. The lowest BCUT2D eigenvalue weighted by Crippen LogP contribution is -2.31. The number of carbonyl (C=O) groups excluding carboxylic acids is 3. The number of carbonyl (C=O) groups is 3. The number of esters is 2. The minimum Gasteiger partial charge on any atom is -0.392 e. The molecule has 0 aliphatic rings. The Bertz CT molecular complexity index is 400. The zero-order valence-electron chi connectivity index (χ0n) is 8.73. The maximum Gasteiger partial charge on any atom is 0.333 e. The van der Waals surface area contributed by atoms with Gasteiger partial charge >= 0.3 is 11.9 Å². The molecule has 16 heavy (non-hydrogen) atoms. The number of nitrogens with one attached hydrogen (secondary N) is 1. The van der Waals surface area contributed by atoms with Gasteiger partial charge in [-0.05, 0) is 12.1 Å². The minimum atomic E-state index is -0.781. The monoisotopic (exact) mass is 221 g/mol. The van der Waals surface area contributed by atoms with Gasteiger partial charge in [0.15, 0.2) is 0 Å². The van der Waals surface area contributed by atoms with Crippen LogP contribution in [0.15, 0.2) is 30.3 Å². The molecule has 1 rings (SSSR count). The van der Waals surface area contributed by atoms with Crippen LogP contribution in [-0.2, 0) is 14.3 Å². The molecule has 1 aromatic carbocycles. The highest BCUT2D eigenvalue weighted by Gasteiger charge is 2.09. The van der Waals surface area contributed by atoms with Gasteiger partial charge in [-0.1, -0.05) is 18.2 Å². The standard InChI is InChI=1S/C11H11NO4/c1-8(13)16-10(14)7-12-11(15)9-5-3-2-4-6-9/h2-6H,7H2,1H3,(H,12,15). The zero-order chi connectivity index (χ0) is 12.0. The van der Waals surface area contributed by atoms with Crippen molar-refractivity contribution in [1.29, 1.82) is 0 Å². The van der Waals surface area contributed by atoms with E-state index >= 15 is 0 Å². The van der Waals surface area contributed by atoms with Crippen molar-refractivity contribution in [2.75, 3.05) is 6.54 Å². The van der Waals surface area contributed by atoms with Crippen LogP contribution in [-0.4, -0.2) is 24.4 Å². The van der Waals surface area contributed by atoms with Gasteiger partial charge in [-0.2, -0.15) is 0 Å². The normalized spacial score (nSPS) is 9.31. The van der Waals surface area contributed by atoms with Crippen molar-refractivity contribution >= 4 is 17.8 Å². The van der Waals surface area contributed by atoms with Crippen LogP contribution >= 0.6 is 0 Å². The van der Waals surface area contributed by atoms with Gasteiger partial charge in [0.05, 0.1) is 0 Å². The molecule has 0 saturated carbocycles. The molecule has 0 aliphatic carbocycles. The first-order valence-electron chi connectivity index (χ1n) is 4.64. The molecule has 0 radical (unpaired) electrons. The van der Waals surface area contributed by atoms with Gasteiger partial charge in [0.1, 0.15) is 6.54 Å². The Balaban J connectivity index is 2.42. The number of rotatable bonds is 3. The first kappa shape index (κ1) is 11.9. The summed E-state index contributed by atoms with van der Waals surface area (Å²) in [7, 11) is 0. The van der Waals surface area contributed by atoms with E-state index in [9.17, 15) is 14.4 Å². The quantitative estimate of drug-likeness (QED) is 0.596. The highest BCUT2D eigenvalue weighted by molar-refractivity contribution is 5.96. The summed E-state index contributed by atoms with van der Waals surface area (Å²) in [5.74, 6) is -1.86. The molecule has 1 amide bonds. The highest BCUT2D eigenvalue weighted by Crippen LogP contribution is 1.97. The average molecular weight is 221 g/mol. The van der Waals surface area contributed by atoms with Crippen LogP contribution in [0.1, 0.15) is 17.3 Å². The van der Waals surface area contributed by atoms with Crippen LogP contribution in [0.3, 0.4) is 0 Å². The first-order valence-corrected chi connectivity index (χ1v) is 4.64. The molecule has 1 N–H and O–H groups in total. The number of ether oxygens (including phenoxy) is 1. The summed E-state index contributed by atoms with van der Waals surface area (Å²) in [6.45, 7) is 0.796. The van der Waals surface area contributed by atoms with Gasteiger partial charge in [0.25, 0.3) is 5.91 Å². The molecule has 0 heterocycles. The number of hydrogen-bond donors (Lipinski definition) is 1. The third-order valence-corrected chi connectivity index (χ3v) is 1.69. The zero-order valence-corrected chi connectivity index (χ0v) is 8.73. The lowest BCUT2D eigenvalue weighted by Gasteiger charge is -2.03. The summed E-state index contributed by atoms with van der Waals surface area (Å²) < 4.78 is 4.24. The van der Waals surface area contributed by atoms with Crippen molar-refractivity contribution in [2.45, 2.75) is 6.92 Å². The Labute approximate surface area is 92.4 Å². The number of amides is 1. The summed E-state index contributed by atoms with van der Waals surface area (Å²) in [6, 6.07) is 8.43. The van der Waals surface area contributed by atoms with Gasteiger partial charge in [-0.25, -0.2) is 4.79 Å². The fourth-order valence-corrected chi connectivity index (χ4v) is 1.04. The lowest BCUT2D eigenvalue weighted by atomic mass is 10.2. The summed E-state index contributed by atoms with van der Waals surface area (Å²) in [5, 5.41) is 2.34. The van der Waals surface area contributed by atoms with Crippen molar-refractivity contribution in [3.8, 4) is 0 Å². The molecule has 0 aliphatic heterocycles. The van der Waals surface area contributed by atoms with E-state index in [4.69, 9.17) is 0 Å². The second-order valence-corrected chi connectivity index (χ2v) is 3.01. The Morgan fingerprint density at radius 3 is 2.38 bits per heavy atom. The maximum absolute atomic E-state index is 11.4. The van der Waals surface area contributed by atoms with E-state index in [2.05, 4.69) is 10.1 Å². The van der Waals surface area contributed by atoms with Crippen molar-refractivity contribution in [3.05, 3.63) is 35.9 Å². The van der Waals surface area contributed by atoms with Crippen molar-refractivity contribution in [3.63, 3.8) is 0 Å². The molecule has 0 unspecified atom stereocenters. The van der Waals surface area contributed by atoms with E-state index in [1.165, 1.54) is 0 Å². The average Bonchev–Trinajstić information content (AvgIpc) is 2.26. The highest BCUT2D eigenvalue weighted by atomic mass is 16.6. The molecule has 1 aromatic rings. The molecular weight excluding hydrogens is 210 g/mol. The summed E-state index contributed by atoms with van der Waals surface area (Å²) in [4.78, 5) is 32.8. The van der Waals surface area contributed by atoms with Crippen molar-refractivity contribution < 1.29 is 19.1 Å². The van der Waals surface area contributed by atoms with E-state index in [0.29, 0.717) is 5.56 Å². The third-order valence-electron chi connectivity index (χ3n) is 1.69. The number of hydrogen-bond acceptors (Lipinski definition) is 4.